The number of likely N-dealkylation sites (N-methyl/N-ethyl adjacent to an activating group) is 1. The number of hydrogen-bond acceptors (Lipinski definition) is 14. The molecule has 2 fully saturated rings. The summed E-state index contributed by atoms with van der Waals surface area (Å²) in [4.78, 5) is 72.9. The van der Waals surface area contributed by atoms with Crippen molar-refractivity contribution in [3.05, 3.63) is 41.4 Å². The molecule has 0 amide bonds. The fraction of sp³-hybridized carbons (Fsp3) is 0.481. The van der Waals surface area contributed by atoms with Crippen LogP contribution in [-0.4, -0.2) is 99.0 Å². The van der Waals surface area contributed by atoms with E-state index in [0.717, 1.165) is 20.8 Å². The SMILES string of the molecule is CC(=O)OC[C@H]1O[C@H](c2ccc(C=CB3OC(=O)CN(C)CC(=O)O3)cc2)[C@@H](OC(C)=O)[C@@H](OC(C)=O)[C@@H]1OC(C)=O. The van der Waals surface area contributed by atoms with E-state index in [-0.39, 0.29) is 19.7 Å². The van der Waals surface area contributed by atoms with Gasteiger partial charge in [0.2, 0.25) is 0 Å². The Morgan fingerprint density at radius 1 is 0.833 bits per heavy atom. The Hall–Kier alpha value is -4.24. The predicted octanol–water partition coefficient (Wildman–Crippen LogP) is 0.557. The molecule has 3 rings (SSSR count). The molecule has 0 radical (unpaired) electrons. The number of hydrogen-bond donors (Lipinski definition) is 0. The molecule has 1 aromatic carbocycles. The van der Waals surface area contributed by atoms with E-state index in [0.29, 0.717) is 11.1 Å². The van der Waals surface area contributed by atoms with Crippen LogP contribution in [0, 0.1) is 0 Å². The van der Waals surface area contributed by atoms with Crippen molar-refractivity contribution >= 4 is 49.0 Å². The number of ether oxygens (including phenoxy) is 5. The van der Waals surface area contributed by atoms with Crippen molar-refractivity contribution in [2.45, 2.75) is 58.2 Å². The molecule has 2 aliphatic rings. The van der Waals surface area contributed by atoms with Crippen molar-refractivity contribution in [2.24, 2.45) is 0 Å². The summed E-state index contributed by atoms with van der Waals surface area (Å²) in [7, 11) is 0.379. The highest BCUT2D eigenvalue weighted by atomic mass is 16.7. The Balaban J connectivity index is 1.90. The quantitative estimate of drug-likeness (QED) is 0.234. The molecule has 0 aromatic heterocycles. The van der Waals surface area contributed by atoms with Crippen molar-refractivity contribution in [3.8, 4) is 0 Å². The van der Waals surface area contributed by atoms with Gasteiger partial charge in [0, 0.05) is 27.7 Å². The topological polar surface area (TPSA) is 170 Å². The summed E-state index contributed by atoms with van der Waals surface area (Å²) in [5, 5.41) is 0. The van der Waals surface area contributed by atoms with Crippen molar-refractivity contribution in [3.63, 3.8) is 0 Å². The van der Waals surface area contributed by atoms with Crippen LogP contribution in [0.3, 0.4) is 0 Å². The minimum atomic E-state index is -1.29. The molecule has 15 heteroatoms. The van der Waals surface area contributed by atoms with Crippen LogP contribution >= 0.6 is 0 Å². The van der Waals surface area contributed by atoms with E-state index >= 15 is 0 Å². The van der Waals surface area contributed by atoms with Crippen LogP contribution in [0.5, 0.6) is 0 Å². The maximum atomic E-state index is 12.1. The Morgan fingerprint density at radius 2 is 1.36 bits per heavy atom. The first-order chi connectivity index (χ1) is 19.8. The Bertz CT molecular complexity index is 1200. The second-order valence-electron chi connectivity index (χ2n) is 9.67. The molecule has 2 saturated heterocycles. The monoisotopic (exact) mass is 589 g/mol. The summed E-state index contributed by atoms with van der Waals surface area (Å²) in [6.07, 6.45) is -4.33. The molecule has 1 aromatic rings. The third kappa shape index (κ3) is 9.41. The van der Waals surface area contributed by atoms with Gasteiger partial charge in [0.25, 0.3) is 0 Å². The first kappa shape index (κ1) is 32.3. The lowest BCUT2D eigenvalue weighted by Gasteiger charge is -2.44. The molecule has 0 bridgehead atoms. The normalized spacial score (nSPS) is 25.0. The second kappa shape index (κ2) is 14.6. The molecular weight excluding hydrogens is 557 g/mol. The summed E-state index contributed by atoms with van der Waals surface area (Å²) >= 11 is 0. The lowest BCUT2D eigenvalue weighted by atomic mass is 9.87. The molecule has 0 unspecified atom stereocenters. The largest absolute Gasteiger partial charge is 0.628 e. The molecule has 0 N–H and O–H groups in total. The molecule has 42 heavy (non-hydrogen) atoms. The summed E-state index contributed by atoms with van der Waals surface area (Å²) in [5.74, 6) is -2.49. The number of carbonyl (C=O) groups is 6. The third-order valence-electron chi connectivity index (χ3n) is 5.99. The molecule has 2 aliphatic heterocycles. The first-order valence-corrected chi connectivity index (χ1v) is 13.0. The van der Waals surface area contributed by atoms with Gasteiger partial charge in [-0.15, -0.1) is 0 Å². The molecule has 226 valence electrons. The van der Waals surface area contributed by atoms with Crippen LogP contribution in [0.1, 0.15) is 44.9 Å². The highest BCUT2D eigenvalue weighted by Crippen LogP contribution is 2.37. The lowest BCUT2D eigenvalue weighted by molar-refractivity contribution is -0.254. The zero-order chi connectivity index (χ0) is 31.0. The van der Waals surface area contributed by atoms with Gasteiger partial charge in [-0.2, -0.15) is 0 Å². The van der Waals surface area contributed by atoms with Crippen LogP contribution < -0.4 is 0 Å². The average Bonchev–Trinajstić information content (AvgIpc) is 2.87. The van der Waals surface area contributed by atoms with Crippen LogP contribution in [0.2, 0.25) is 0 Å². The van der Waals surface area contributed by atoms with Gasteiger partial charge in [-0.1, -0.05) is 30.3 Å². The molecule has 0 spiro atoms. The van der Waals surface area contributed by atoms with Crippen LogP contribution in [0.15, 0.2) is 30.2 Å². The maximum Gasteiger partial charge on any atom is 0.628 e. The van der Waals surface area contributed by atoms with E-state index in [4.69, 9.17) is 33.0 Å². The summed E-state index contributed by atoms with van der Waals surface area (Å²) in [6.45, 7) is 4.16. The molecule has 14 nitrogen and oxygen atoms in total. The molecule has 0 saturated carbocycles. The molecular formula is C27H32BNO13. The first-order valence-electron chi connectivity index (χ1n) is 13.0. The van der Waals surface area contributed by atoms with Crippen LogP contribution in [-0.2, 0) is 61.8 Å². The van der Waals surface area contributed by atoms with Gasteiger partial charge >= 0.3 is 42.9 Å². The van der Waals surface area contributed by atoms with E-state index in [1.165, 1.54) is 17.8 Å². The Kier molecular flexibility index (Phi) is 11.2. The van der Waals surface area contributed by atoms with Gasteiger partial charge in [-0.25, -0.2) is 0 Å². The van der Waals surface area contributed by atoms with E-state index < -0.39 is 73.5 Å². The molecule has 2 heterocycles. The predicted molar refractivity (Wildman–Crippen MR) is 142 cm³/mol. The zero-order valence-electron chi connectivity index (χ0n) is 23.8. The van der Waals surface area contributed by atoms with Gasteiger partial charge in [0.15, 0.2) is 18.3 Å². The molecule has 0 aliphatic carbocycles. The fourth-order valence-corrected chi connectivity index (χ4v) is 4.42. The van der Waals surface area contributed by atoms with E-state index in [2.05, 4.69) is 0 Å². The zero-order valence-corrected chi connectivity index (χ0v) is 23.8. The van der Waals surface area contributed by atoms with Gasteiger partial charge in [0.1, 0.15) is 18.8 Å². The standard InChI is InChI=1S/C27H32BNO13/c1-15(30)36-14-21-25(37-16(2)31)27(39-18(4)33)26(38-17(3)32)24(40-21)20-8-6-19(7-9-20)10-11-28-41-22(34)12-29(5)13-23(35)42-28/h6-11,21,24-27H,12-14H2,1-5H3/t21-,24-,25-,26-,27+/m1/s1. The van der Waals surface area contributed by atoms with Crippen LogP contribution in [0.25, 0.3) is 6.08 Å². The van der Waals surface area contributed by atoms with Gasteiger partial charge in [-0.05, 0) is 24.1 Å². The molecule has 5 atom stereocenters. The minimum absolute atomic E-state index is 0.0654. The fourth-order valence-electron chi connectivity index (χ4n) is 4.42. The summed E-state index contributed by atoms with van der Waals surface area (Å²) in [5.41, 5.74) is 1.10. The summed E-state index contributed by atoms with van der Waals surface area (Å²) < 4.78 is 38.0. The van der Waals surface area contributed by atoms with E-state index in [1.807, 2.05) is 0 Å². The summed E-state index contributed by atoms with van der Waals surface area (Å²) in [6, 6.07) is 6.62. The second-order valence-corrected chi connectivity index (χ2v) is 9.67. The van der Waals surface area contributed by atoms with Crippen LogP contribution in [0.4, 0.5) is 0 Å². The third-order valence-corrected chi connectivity index (χ3v) is 5.99. The Morgan fingerprint density at radius 3 is 1.88 bits per heavy atom. The van der Waals surface area contributed by atoms with E-state index in [9.17, 15) is 28.8 Å². The number of esters is 4. The maximum absolute atomic E-state index is 12.1. The number of benzene rings is 1. The van der Waals surface area contributed by atoms with Crippen molar-refractivity contribution in [2.75, 3.05) is 26.7 Å². The average molecular weight is 589 g/mol. The van der Waals surface area contributed by atoms with Crippen molar-refractivity contribution in [1.29, 1.82) is 0 Å². The van der Waals surface area contributed by atoms with E-state index in [1.54, 1.807) is 37.4 Å². The Labute approximate surface area is 242 Å². The minimum Gasteiger partial charge on any atom is -0.495 e. The van der Waals surface area contributed by atoms with Gasteiger partial charge in [-0.3, -0.25) is 33.7 Å². The lowest BCUT2D eigenvalue weighted by Crippen LogP contribution is -2.59. The van der Waals surface area contributed by atoms with Gasteiger partial charge < -0.3 is 33.0 Å². The van der Waals surface area contributed by atoms with Gasteiger partial charge in [0.05, 0.1) is 13.1 Å². The number of carbonyl (C=O) groups excluding carboxylic acids is 6. The highest BCUT2D eigenvalue weighted by Gasteiger charge is 2.52. The smallest absolute Gasteiger partial charge is 0.495 e. The number of rotatable bonds is 8. The number of nitrogens with zero attached hydrogens (tertiary/aromatic N) is 1. The van der Waals surface area contributed by atoms with Crippen molar-refractivity contribution in [1.82, 2.24) is 4.90 Å². The highest BCUT2D eigenvalue weighted by molar-refractivity contribution is 6.55. The van der Waals surface area contributed by atoms with Crippen molar-refractivity contribution < 1.29 is 61.8 Å².